The maximum absolute atomic E-state index is 5.78. The number of hydrogen-bond acceptors (Lipinski definition) is 3. The number of aromatic amines is 1. The van der Waals surface area contributed by atoms with Crippen molar-refractivity contribution < 1.29 is 0 Å². The number of rotatable bonds is 0. The Morgan fingerprint density at radius 2 is 1.92 bits per heavy atom. The van der Waals surface area contributed by atoms with Gasteiger partial charge >= 0.3 is 0 Å². The Labute approximate surface area is 77.9 Å². The molecule has 2 aromatic heterocycles. The van der Waals surface area contributed by atoms with E-state index in [2.05, 4.69) is 20.2 Å². The number of hydrogen-bond donors (Lipinski definition) is 1. The van der Waals surface area contributed by atoms with Crippen LogP contribution in [-0.2, 0) is 0 Å². The van der Waals surface area contributed by atoms with E-state index in [1.807, 2.05) is 0 Å². The van der Waals surface area contributed by atoms with Gasteiger partial charge in [0, 0.05) is 0 Å². The molecule has 4 nitrogen and oxygen atoms in total. The zero-order valence-electron chi connectivity index (χ0n) is 6.10. The first-order chi connectivity index (χ1) is 5.68. The zero-order valence-corrected chi connectivity index (χ0v) is 7.61. The summed E-state index contributed by atoms with van der Waals surface area (Å²) in [5.74, 6) is 0.579. The van der Waals surface area contributed by atoms with Crippen molar-refractivity contribution in [1.29, 1.82) is 0 Å². The molecular formula is C6H4Cl2N4. The Morgan fingerprint density at radius 3 is 2.67 bits per heavy atom. The Kier molecular flexibility index (Phi) is 1.66. The molecule has 0 unspecified atom stereocenters. The first-order valence-electron chi connectivity index (χ1n) is 3.22. The lowest BCUT2D eigenvalue weighted by Gasteiger charge is -1.93. The number of aryl methyl sites for hydroxylation is 1. The molecule has 0 spiro atoms. The van der Waals surface area contributed by atoms with E-state index in [1.54, 1.807) is 6.92 Å². The van der Waals surface area contributed by atoms with Gasteiger partial charge in [-0.25, -0.2) is 9.97 Å². The second kappa shape index (κ2) is 2.57. The summed E-state index contributed by atoms with van der Waals surface area (Å²) in [4.78, 5) is 8.00. The van der Waals surface area contributed by atoms with E-state index in [0.717, 1.165) is 0 Å². The van der Waals surface area contributed by atoms with Crippen molar-refractivity contribution in [2.75, 3.05) is 0 Å². The fraction of sp³-hybridized carbons (Fsp3) is 0.167. The van der Waals surface area contributed by atoms with Gasteiger partial charge in [-0.2, -0.15) is 5.10 Å². The minimum Gasteiger partial charge on any atom is -0.265 e. The van der Waals surface area contributed by atoms with E-state index in [1.165, 1.54) is 0 Å². The summed E-state index contributed by atoms with van der Waals surface area (Å²) in [5.41, 5.74) is 1.07. The van der Waals surface area contributed by atoms with Crippen LogP contribution in [-0.4, -0.2) is 20.2 Å². The molecule has 0 aliphatic heterocycles. The second-order valence-electron chi connectivity index (χ2n) is 2.30. The van der Waals surface area contributed by atoms with Gasteiger partial charge in [-0.05, 0) is 6.92 Å². The summed E-state index contributed by atoms with van der Waals surface area (Å²) < 4.78 is 0. The highest BCUT2D eigenvalue weighted by Crippen LogP contribution is 2.22. The summed E-state index contributed by atoms with van der Waals surface area (Å²) in [6.07, 6.45) is 0. The third-order valence-corrected chi connectivity index (χ3v) is 1.95. The molecule has 6 heteroatoms. The van der Waals surface area contributed by atoms with E-state index in [4.69, 9.17) is 23.2 Å². The minimum atomic E-state index is 0.320. The molecule has 12 heavy (non-hydrogen) atoms. The molecule has 0 aliphatic carbocycles. The lowest BCUT2D eigenvalue weighted by molar-refractivity contribution is 1.08. The predicted molar refractivity (Wildman–Crippen MR) is 46.4 cm³/mol. The summed E-state index contributed by atoms with van der Waals surface area (Å²) >= 11 is 11.5. The predicted octanol–water partition coefficient (Wildman–Crippen LogP) is 1.97. The Bertz CT molecular complexity index is 436. The van der Waals surface area contributed by atoms with Crippen molar-refractivity contribution in [2.45, 2.75) is 6.92 Å². The fourth-order valence-electron chi connectivity index (χ4n) is 0.943. The van der Waals surface area contributed by atoms with Crippen molar-refractivity contribution in [3.05, 3.63) is 16.1 Å². The number of aromatic nitrogens is 4. The monoisotopic (exact) mass is 202 g/mol. The Hall–Kier alpha value is -0.870. The lowest BCUT2D eigenvalue weighted by Crippen LogP contribution is -1.88. The first-order valence-corrected chi connectivity index (χ1v) is 3.98. The van der Waals surface area contributed by atoms with Crippen LogP contribution in [0.25, 0.3) is 11.0 Å². The smallest absolute Gasteiger partial charge is 0.160 e. The highest BCUT2D eigenvalue weighted by molar-refractivity contribution is 6.37. The summed E-state index contributed by atoms with van der Waals surface area (Å²) in [5, 5.41) is 7.12. The van der Waals surface area contributed by atoms with Crippen LogP contribution in [0.15, 0.2) is 0 Å². The van der Waals surface area contributed by atoms with Gasteiger partial charge in [0.1, 0.15) is 16.9 Å². The van der Waals surface area contributed by atoms with Crippen molar-refractivity contribution in [3.63, 3.8) is 0 Å². The second-order valence-corrected chi connectivity index (χ2v) is 3.03. The summed E-state index contributed by atoms with van der Waals surface area (Å²) in [6, 6.07) is 0. The number of nitrogens with zero attached hydrogens (tertiary/aromatic N) is 3. The largest absolute Gasteiger partial charge is 0.265 e. The summed E-state index contributed by atoms with van der Waals surface area (Å²) in [6.45, 7) is 1.74. The normalized spacial score (nSPS) is 10.9. The number of fused-ring (bicyclic) bond motifs is 1. The van der Waals surface area contributed by atoms with Gasteiger partial charge in [-0.15, -0.1) is 0 Å². The van der Waals surface area contributed by atoms with Crippen LogP contribution >= 0.6 is 23.2 Å². The quantitative estimate of drug-likeness (QED) is 0.666. The van der Waals surface area contributed by atoms with Crippen LogP contribution in [0.3, 0.4) is 0 Å². The van der Waals surface area contributed by atoms with E-state index >= 15 is 0 Å². The molecule has 0 aromatic carbocycles. The molecule has 0 aliphatic rings. The molecule has 2 aromatic rings. The molecule has 2 heterocycles. The number of nitrogens with one attached hydrogen (secondary N) is 1. The van der Waals surface area contributed by atoms with Gasteiger partial charge in [0.15, 0.2) is 10.3 Å². The highest BCUT2D eigenvalue weighted by atomic mass is 35.5. The molecular weight excluding hydrogens is 199 g/mol. The van der Waals surface area contributed by atoms with E-state index in [9.17, 15) is 0 Å². The molecule has 0 saturated carbocycles. The van der Waals surface area contributed by atoms with E-state index in [-0.39, 0.29) is 0 Å². The molecule has 0 radical (unpaired) electrons. The highest BCUT2D eigenvalue weighted by Gasteiger charge is 2.09. The zero-order chi connectivity index (χ0) is 8.72. The van der Waals surface area contributed by atoms with Gasteiger partial charge in [0.05, 0.1) is 0 Å². The standard InChI is InChI=1S/C6H4Cl2N4/c1-2-9-3-4(5(7)10-2)11-12-6(3)8/h1H3,(H,11,12). The maximum atomic E-state index is 5.78. The summed E-state index contributed by atoms with van der Waals surface area (Å²) in [7, 11) is 0. The number of halogens is 2. The maximum Gasteiger partial charge on any atom is 0.160 e. The van der Waals surface area contributed by atoms with Crippen LogP contribution in [0.5, 0.6) is 0 Å². The molecule has 1 N–H and O–H groups in total. The minimum absolute atomic E-state index is 0.320. The molecule has 62 valence electrons. The van der Waals surface area contributed by atoms with Crippen molar-refractivity contribution >= 4 is 34.2 Å². The van der Waals surface area contributed by atoms with Crippen molar-refractivity contribution in [2.24, 2.45) is 0 Å². The molecule has 2 rings (SSSR count). The van der Waals surface area contributed by atoms with Gasteiger partial charge < -0.3 is 0 Å². The molecule has 0 atom stereocenters. The molecule has 0 saturated heterocycles. The average molecular weight is 203 g/mol. The van der Waals surface area contributed by atoms with Gasteiger partial charge in [-0.1, -0.05) is 23.2 Å². The van der Waals surface area contributed by atoms with Crippen LogP contribution in [0, 0.1) is 6.92 Å². The van der Waals surface area contributed by atoms with Crippen LogP contribution in [0.2, 0.25) is 10.3 Å². The van der Waals surface area contributed by atoms with Gasteiger partial charge in [-0.3, -0.25) is 5.10 Å². The van der Waals surface area contributed by atoms with Gasteiger partial charge in [0.25, 0.3) is 0 Å². The fourth-order valence-corrected chi connectivity index (χ4v) is 1.37. The average Bonchev–Trinajstić information content (AvgIpc) is 2.33. The molecule has 0 bridgehead atoms. The van der Waals surface area contributed by atoms with Crippen LogP contribution in [0.1, 0.15) is 5.82 Å². The molecule has 0 fully saturated rings. The number of H-pyrrole nitrogens is 1. The lowest BCUT2D eigenvalue weighted by atomic mass is 10.4. The Balaban J connectivity index is 2.92. The van der Waals surface area contributed by atoms with E-state index < -0.39 is 0 Å². The third-order valence-electron chi connectivity index (χ3n) is 1.43. The van der Waals surface area contributed by atoms with Gasteiger partial charge in [0.2, 0.25) is 0 Å². The van der Waals surface area contributed by atoms with Crippen molar-refractivity contribution in [3.8, 4) is 0 Å². The van der Waals surface area contributed by atoms with Crippen LogP contribution in [0.4, 0.5) is 0 Å². The third kappa shape index (κ3) is 1.04. The Morgan fingerprint density at radius 1 is 1.17 bits per heavy atom. The topological polar surface area (TPSA) is 54.5 Å². The van der Waals surface area contributed by atoms with E-state index in [0.29, 0.717) is 27.2 Å². The van der Waals surface area contributed by atoms with Crippen molar-refractivity contribution in [1.82, 2.24) is 20.2 Å². The molecule has 0 amide bonds. The first kappa shape index (κ1) is 7.76. The van der Waals surface area contributed by atoms with Crippen LogP contribution < -0.4 is 0 Å². The SMILES string of the molecule is Cc1nc(Cl)c2n[nH]c(Cl)c2n1.